The van der Waals surface area contributed by atoms with E-state index in [-0.39, 0.29) is 6.10 Å². The predicted molar refractivity (Wildman–Crippen MR) is 77.0 cm³/mol. The molecule has 94 valence electrons. The second-order valence-corrected chi connectivity index (χ2v) is 5.49. The van der Waals surface area contributed by atoms with Crippen LogP contribution in [0.4, 0.5) is 0 Å². The third-order valence-electron chi connectivity index (χ3n) is 2.91. The Labute approximate surface area is 113 Å². The van der Waals surface area contributed by atoms with Gasteiger partial charge in [-0.15, -0.1) is 0 Å². The number of aryl methyl sites for hydroxylation is 1. The van der Waals surface area contributed by atoms with Crippen LogP contribution in [0.2, 0.25) is 0 Å². The van der Waals surface area contributed by atoms with Gasteiger partial charge in [0.25, 0.3) is 0 Å². The fraction of sp³-hybridized carbons (Fsp3) is 0.250. The molecule has 0 aliphatic heterocycles. The van der Waals surface area contributed by atoms with Crippen LogP contribution in [-0.4, -0.2) is 5.11 Å². The van der Waals surface area contributed by atoms with Gasteiger partial charge in [0.05, 0.1) is 6.10 Å². The fourth-order valence-corrected chi connectivity index (χ4v) is 2.80. The lowest BCUT2D eigenvalue weighted by molar-refractivity contribution is 0.171. The van der Waals surface area contributed by atoms with Crippen LogP contribution in [-0.2, 0) is 0 Å². The average Bonchev–Trinajstić information content (AvgIpc) is 2.41. The van der Waals surface area contributed by atoms with E-state index in [1.807, 2.05) is 25.1 Å². The Bertz CT molecular complexity index is 505. The summed E-state index contributed by atoms with van der Waals surface area (Å²) in [5, 5.41) is 10.0. The minimum atomic E-state index is -0.376. The molecular formula is C16H18OS. The molecule has 18 heavy (non-hydrogen) atoms. The molecule has 0 amide bonds. The van der Waals surface area contributed by atoms with Crippen molar-refractivity contribution in [1.29, 1.82) is 0 Å². The van der Waals surface area contributed by atoms with Gasteiger partial charge in [0.1, 0.15) is 0 Å². The summed E-state index contributed by atoms with van der Waals surface area (Å²) in [5.41, 5.74) is 2.28. The van der Waals surface area contributed by atoms with Gasteiger partial charge in [-0.3, -0.25) is 0 Å². The van der Waals surface area contributed by atoms with Crippen LogP contribution in [0.1, 0.15) is 30.6 Å². The number of rotatable bonds is 4. The predicted octanol–water partition coefficient (Wildman–Crippen LogP) is 4.59. The van der Waals surface area contributed by atoms with Crippen molar-refractivity contribution in [3.8, 4) is 0 Å². The Morgan fingerprint density at radius 2 is 1.72 bits per heavy atom. The van der Waals surface area contributed by atoms with Crippen LogP contribution in [0.3, 0.4) is 0 Å². The minimum Gasteiger partial charge on any atom is -0.388 e. The third-order valence-corrected chi connectivity index (χ3v) is 4.01. The van der Waals surface area contributed by atoms with E-state index in [2.05, 4.69) is 37.3 Å². The molecule has 0 saturated heterocycles. The molecule has 0 radical (unpaired) electrons. The largest absolute Gasteiger partial charge is 0.388 e. The van der Waals surface area contributed by atoms with Crippen LogP contribution in [0.5, 0.6) is 0 Å². The first-order valence-corrected chi connectivity index (χ1v) is 7.04. The molecule has 0 aliphatic carbocycles. The summed E-state index contributed by atoms with van der Waals surface area (Å²) >= 11 is 1.71. The molecule has 2 aromatic carbocycles. The molecule has 0 heterocycles. The maximum absolute atomic E-state index is 10.0. The number of aliphatic hydroxyl groups excluding tert-OH is 1. The van der Waals surface area contributed by atoms with E-state index in [9.17, 15) is 5.11 Å². The van der Waals surface area contributed by atoms with Crippen molar-refractivity contribution in [2.75, 3.05) is 0 Å². The zero-order valence-corrected chi connectivity index (χ0v) is 11.6. The van der Waals surface area contributed by atoms with E-state index in [0.29, 0.717) is 0 Å². The van der Waals surface area contributed by atoms with E-state index in [1.165, 1.54) is 10.5 Å². The van der Waals surface area contributed by atoms with Crippen molar-refractivity contribution in [2.45, 2.75) is 36.2 Å². The summed E-state index contributed by atoms with van der Waals surface area (Å²) in [5.74, 6) is 0. The Hall–Kier alpha value is -1.25. The molecular weight excluding hydrogens is 240 g/mol. The fourth-order valence-electron chi connectivity index (χ4n) is 1.80. The highest BCUT2D eigenvalue weighted by molar-refractivity contribution is 7.99. The lowest BCUT2D eigenvalue weighted by atomic mass is 10.1. The molecule has 0 bridgehead atoms. The Kier molecular flexibility index (Phi) is 4.45. The molecule has 2 aromatic rings. The maximum Gasteiger partial charge on any atom is 0.0798 e. The first kappa shape index (κ1) is 13.2. The average molecular weight is 258 g/mol. The second-order valence-electron chi connectivity index (χ2n) is 4.38. The van der Waals surface area contributed by atoms with Crippen LogP contribution in [0.25, 0.3) is 0 Å². The van der Waals surface area contributed by atoms with Gasteiger partial charge in [-0.25, -0.2) is 0 Å². The number of aliphatic hydroxyl groups is 1. The van der Waals surface area contributed by atoms with Crippen molar-refractivity contribution in [3.63, 3.8) is 0 Å². The Balaban J connectivity index is 2.26. The maximum atomic E-state index is 10.0. The van der Waals surface area contributed by atoms with Crippen LogP contribution >= 0.6 is 11.8 Å². The van der Waals surface area contributed by atoms with Crippen molar-refractivity contribution in [1.82, 2.24) is 0 Å². The van der Waals surface area contributed by atoms with Crippen molar-refractivity contribution in [2.24, 2.45) is 0 Å². The first-order chi connectivity index (χ1) is 8.70. The molecule has 1 atom stereocenters. The smallest absolute Gasteiger partial charge is 0.0798 e. The van der Waals surface area contributed by atoms with Gasteiger partial charge >= 0.3 is 0 Å². The lowest BCUT2D eigenvalue weighted by Crippen LogP contribution is -1.96. The molecule has 1 nitrogen and oxygen atoms in total. The highest BCUT2D eigenvalue weighted by Gasteiger charge is 2.10. The van der Waals surface area contributed by atoms with Crippen LogP contribution in [0, 0.1) is 6.92 Å². The number of benzene rings is 2. The summed E-state index contributed by atoms with van der Waals surface area (Å²) in [6.45, 7) is 4.08. The quantitative estimate of drug-likeness (QED) is 0.865. The van der Waals surface area contributed by atoms with Gasteiger partial charge in [-0.1, -0.05) is 54.6 Å². The summed E-state index contributed by atoms with van der Waals surface area (Å²) in [6, 6.07) is 16.5. The van der Waals surface area contributed by atoms with Gasteiger partial charge in [-0.05, 0) is 37.1 Å². The lowest BCUT2D eigenvalue weighted by Gasteiger charge is -2.13. The van der Waals surface area contributed by atoms with E-state index < -0.39 is 0 Å². The molecule has 2 heteroatoms. The summed E-state index contributed by atoms with van der Waals surface area (Å²) in [4.78, 5) is 2.34. The van der Waals surface area contributed by atoms with Gasteiger partial charge in [0.15, 0.2) is 0 Å². The normalized spacial score (nSPS) is 12.4. The van der Waals surface area contributed by atoms with Crippen molar-refractivity contribution >= 4 is 11.8 Å². The Morgan fingerprint density at radius 1 is 1.06 bits per heavy atom. The molecule has 0 aromatic heterocycles. The molecule has 0 saturated carbocycles. The van der Waals surface area contributed by atoms with E-state index in [1.54, 1.807) is 11.8 Å². The van der Waals surface area contributed by atoms with Crippen molar-refractivity contribution in [3.05, 3.63) is 59.7 Å². The van der Waals surface area contributed by atoms with Crippen LogP contribution in [0.15, 0.2) is 58.3 Å². The highest BCUT2D eigenvalue weighted by atomic mass is 32.2. The summed E-state index contributed by atoms with van der Waals surface area (Å²) < 4.78 is 0. The standard InChI is InChI=1S/C16H18OS/c1-3-15(17)14-6-4-5-7-16(14)18-13-10-8-12(2)9-11-13/h4-11,15,17H,3H2,1-2H3. The third kappa shape index (κ3) is 3.15. The molecule has 0 spiro atoms. The number of hydrogen-bond acceptors (Lipinski definition) is 2. The van der Waals surface area contributed by atoms with Gasteiger partial charge in [0.2, 0.25) is 0 Å². The molecule has 0 fully saturated rings. The topological polar surface area (TPSA) is 20.2 Å². The van der Waals surface area contributed by atoms with Gasteiger partial charge in [0, 0.05) is 9.79 Å². The SMILES string of the molecule is CCC(O)c1ccccc1Sc1ccc(C)cc1. The Morgan fingerprint density at radius 3 is 2.39 bits per heavy atom. The van der Waals surface area contributed by atoms with Crippen molar-refractivity contribution < 1.29 is 5.11 Å². The molecule has 1 unspecified atom stereocenters. The zero-order valence-electron chi connectivity index (χ0n) is 10.8. The van der Waals surface area contributed by atoms with Gasteiger partial charge in [-0.2, -0.15) is 0 Å². The van der Waals surface area contributed by atoms with E-state index >= 15 is 0 Å². The number of hydrogen-bond donors (Lipinski definition) is 1. The van der Waals surface area contributed by atoms with E-state index in [0.717, 1.165) is 16.9 Å². The first-order valence-electron chi connectivity index (χ1n) is 6.22. The molecule has 2 rings (SSSR count). The highest BCUT2D eigenvalue weighted by Crippen LogP contribution is 2.34. The second kappa shape index (κ2) is 6.07. The minimum absolute atomic E-state index is 0.376. The summed E-state index contributed by atoms with van der Waals surface area (Å²) in [7, 11) is 0. The van der Waals surface area contributed by atoms with Crippen LogP contribution < -0.4 is 0 Å². The molecule has 1 N–H and O–H groups in total. The van der Waals surface area contributed by atoms with E-state index in [4.69, 9.17) is 0 Å². The zero-order chi connectivity index (χ0) is 13.0. The molecule has 0 aliphatic rings. The monoisotopic (exact) mass is 258 g/mol. The van der Waals surface area contributed by atoms with Gasteiger partial charge < -0.3 is 5.11 Å². The summed E-state index contributed by atoms with van der Waals surface area (Å²) in [6.07, 6.45) is 0.366.